The molecule has 1 saturated heterocycles. The minimum atomic E-state index is -0.343. The molecule has 10 nitrogen and oxygen atoms in total. The highest BCUT2D eigenvalue weighted by atomic mass is 16.5. The Morgan fingerprint density at radius 2 is 1.94 bits per heavy atom. The second kappa shape index (κ2) is 10.3. The number of carbonyl (C=O) groups is 1. The summed E-state index contributed by atoms with van der Waals surface area (Å²) in [6.07, 6.45) is 8.00. The van der Waals surface area contributed by atoms with Gasteiger partial charge in [-0.15, -0.1) is 4.98 Å². The molecule has 4 rings (SSSR count). The van der Waals surface area contributed by atoms with Gasteiger partial charge in [0, 0.05) is 25.5 Å². The predicted molar refractivity (Wildman–Crippen MR) is 118 cm³/mol. The smallest absolute Gasteiger partial charge is 0.330 e. The molecule has 1 aromatic carbocycles. The summed E-state index contributed by atoms with van der Waals surface area (Å²) in [6, 6.07) is 10.9. The molecule has 1 amide bonds. The zero-order chi connectivity index (χ0) is 22.2. The Bertz CT molecular complexity index is 1090. The summed E-state index contributed by atoms with van der Waals surface area (Å²) in [5.41, 5.74) is 3.62. The molecule has 32 heavy (non-hydrogen) atoms. The summed E-state index contributed by atoms with van der Waals surface area (Å²) in [5, 5.41) is 3.99. The van der Waals surface area contributed by atoms with Crippen LogP contribution < -0.4 is 19.8 Å². The average Bonchev–Trinajstić information content (AvgIpc) is 2.85. The van der Waals surface area contributed by atoms with E-state index in [2.05, 4.69) is 35.4 Å². The third-order valence-corrected chi connectivity index (χ3v) is 4.77. The van der Waals surface area contributed by atoms with Crippen molar-refractivity contribution in [2.45, 2.75) is 19.3 Å². The van der Waals surface area contributed by atoms with E-state index in [0.717, 1.165) is 31.5 Å². The molecule has 1 aliphatic rings. The fourth-order valence-corrected chi connectivity index (χ4v) is 3.19. The summed E-state index contributed by atoms with van der Waals surface area (Å²) >= 11 is 0. The number of methoxy groups -OCH3 is 1. The number of anilines is 1. The zero-order valence-electron chi connectivity index (χ0n) is 17.6. The van der Waals surface area contributed by atoms with E-state index < -0.39 is 0 Å². The van der Waals surface area contributed by atoms with E-state index in [9.17, 15) is 4.79 Å². The average molecular weight is 433 g/mol. The summed E-state index contributed by atoms with van der Waals surface area (Å²) < 4.78 is 11.1. The number of pyridine rings is 1. The normalized spacial score (nSPS) is 13.7. The van der Waals surface area contributed by atoms with Crippen LogP contribution in [0.2, 0.25) is 0 Å². The number of amides is 1. The van der Waals surface area contributed by atoms with Crippen molar-refractivity contribution in [3.63, 3.8) is 0 Å². The van der Waals surface area contributed by atoms with Crippen LogP contribution in [0.4, 0.5) is 5.95 Å². The van der Waals surface area contributed by atoms with Crippen molar-refractivity contribution >= 4 is 18.1 Å². The third-order valence-electron chi connectivity index (χ3n) is 4.77. The van der Waals surface area contributed by atoms with E-state index in [0.29, 0.717) is 17.3 Å². The second-order valence-electron chi connectivity index (χ2n) is 7.07. The van der Waals surface area contributed by atoms with Crippen molar-refractivity contribution in [3.05, 3.63) is 59.9 Å². The number of ether oxygens (including phenoxy) is 2. The number of carbonyl (C=O) groups excluding carboxylic acids is 1. The number of aromatic nitrogens is 4. The van der Waals surface area contributed by atoms with Gasteiger partial charge < -0.3 is 14.4 Å². The quantitative estimate of drug-likeness (QED) is 0.447. The van der Waals surface area contributed by atoms with Crippen LogP contribution in [0, 0.1) is 0 Å². The first kappa shape index (κ1) is 21.2. The van der Waals surface area contributed by atoms with Crippen molar-refractivity contribution in [3.8, 4) is 17.8 Å². The number of hydrogen-bond acceptors (Lipinski definition) is 9. The largest absolute Gasteiger partial charge is 0.467 e. The third kappa shape index (κ3) is 5.54. The molecular formula is C22H23N7O3. The van der Waals surface area contributed by atoms with Crippen molar-refractivity contribution in [2.75, 3.05) is 25.1 Å². The minimum Gasteiger partial charge on any atom is -0.467 e. The maximum atomic E-state index is 12.0. The molecule has 0 atom stereocenters. The van der Waals surface area contributed by atoms with Crippen LogP contribution >= 0.6 is 0 Å². The highest BCUT2D eigenvalue weighted by Crippen LogP contribution is 2.24. The Kier molecular flexibility index (Phi) is 6.81. The lowest BCUT2D eigenvalue weighted by molar-refractivity contribution is 0.0954. The SMILES string of the molecule is COc1nc(Oc2cccc(C=NNC(=O)c3cccnc3)c2)nc(N2CCCCC2)n1. The van der Waals surface area contributed by atoms with Crippen LogP contribution in [0.5, 0.6) is 17.8 Å². The number of nitrogens with zero attached hydrogens (tertiary/aromatic N) is 6. The van der Waals surface area contributed by atoms with Gasteiger partial charge in [0.25, 0.3) is 5.91 Å². The van der Waals surface area contributed by atoms with E-state index in [-0.39, 0.29) is 17.9 Å². The Hall–Kier alpha value is -4.08. The fraction of sp³-hybridized carbons (Fsp3) is 0.273. The van der Waals surface area contributed by atoms with Gasteiger partial charge in [-0.2, -0.15) is 15.1 Å². The Labute approximate surface area is 185 Å². The Morgan fingerprint density at radius 3 is 2.72 bits per heavy atom. The van der Waals surface area contributed by atoms with Crippen LogP contribution in [-0.2, 0) is 0 Å². The number of piperidine rings is 1. The number of nitrogens with one attached hydrogen (secondary N) is 1. The van der Waals surface area contributed by atoms with Gasteiger partial charge >= 0.3 is 12.0 Å². The molecule has 10 heteroatoms. The van der Waals surface area contributed by atoms with Crippen LogP contribution in [0.25, 0.3) is 0 Å². The van der Waals surface area contributed by atoms with E-state index in [1.807, 2.05) is 12.1 Å². The molecule has 0 spiro atoms. The number of rotatable bonds is 7. The van der Waals surface area contributed by atoms with Gasteiger partial charge in [-0.25, -0.2) is 5.43 Å². The molecule has 2 aromatic heterocycles. The lowest BCUT2D eigenvalue weighted by Crippen LogP contribution is -2.31. The van der Waals surface area contributed by atoms with E-state index in [1.54, 1.807) is 30.5 Å². The fourth-order valence-electron chi connectivity index (χ4n) is 3.19. The van der Waals surface area contributed by atoms with E-state index >= 15 is 0 Å². The van der Waals surface area contributed by atoms with Crippen molar-refractivity contribution in [1.82, 2.24) is 25.4 Å². The summed E-state index contributed by atoms with van der Waals surface area (Å²) in [6.45, 7) is 1.78. The van der Waals surface area contributed by atoms with Gasteiger partial charge in [0.15, 0.2) is 0 Å². The molecule has 3 heterocycles. The van der Waals surface area contributed by atoms with Crippen molar-refractivity contribution in [2.24, 2.45) is 5.10 Å². The number of hydrazone groups is 1. The molecule has 3 aromatic rings. The molecule has 0 radical (unpaired) electrons. The predicted octanol–water partition coefficient (Wildman–Crippen LogP) is 2.82. The minimum absolute atomic E-state index is 0.149. The zero-order valence-corrected chi connectivity index (χ0v) is 17.6. The molecule has 1 aliphatic heterocycles. The van der Waals surface area contributed by atoms with E-state index in [1.165, 1.54) is 25.9 Å². The first-order valence-corrected chi connectivity index (χ1v) is 10.3. The summed E-state index contributed by atoms with van der Waals surface area (Å²) in [5.74, 6) is 0.719. The Balaban J connectivity index is 1.45. The van der Waals surface area contributed by atoms with Crippen LogP contribution in [-0.4, -0.2) is 52.3 Å². The van der Waals surface area contributed by atoms with Gasteiger partial charge in [0.1, 0.15) is 5.75 Å². The molecule has 0 saturated carbocycles. The maximum Gasteiger partial charge on any atom is 0.330 e. The van der Waals surface area contributed by atoms with Crippen LogP contribution in [0.1, 0.15) is 35.2 Å². The molecule has 0 aliphatic carbocycles. The standard InChI is InChI=1S/C22H23N7O3/c1-31-21-25-20(29-11-3-2-4-12-29)26-22(27-21)32-18-9-5-7-16(13-18)14-24-28-19(30)17-8-6-10-23-15-17/h5-10,13-15H,2-4,11-12H2,1H3,(H,28,30). The van der Waals surface area contributed by atoms with Gasteiger partial charge in [-0.3, -0.25) is 9.78 Å². The first-order chi connectivity index (χ1) is 15.7. The molecule has 0 bridgehead atoms. The number of benzene rings is 1. The molecule has 1 fully saturated rings. The summed E-state index contributed by atoms with van der Waals surface area (Å²) in [7, 11) is 1.51. The Morgan fingerprint density at radius 1 is 1.09 bits per heavy atom. The van der Waals surface area contributed by atoms with Crippen LogP contribution in [0.3, 0.4) is 0 Å². The first-order valence-electron chi connectivity index (χ1n) is 10.3. The van der Waals surface area contributed by atoms with Gasteiger partial charge in [0.2, 0.25) is 5.95 Å². The van der Waals surface area contributed by atoms with Crippen molar-refractivity contribution in [1.29, 1.82) is 0 Å². The summed E-state index contributed by atoms with van der Waals surface area (Å²) in [4.78, 5) is 31.1. The van der Waals surface area contributed by atoms with Crippen LogP contribution in [0.15, 0.2) is 53.9 Å². The maximum absolute atomic E-state index is 12.0. The molecule has 0 unspecified atom stereocenters. The molecular weight excluding hydrogens is 410 g/mol. The van der Waals surface area contributed by atoms with Gasteiger partial charge in [-0.1, -0.05) is 12.1 Å². The number of hydrogen-bond donors (Lipinski definition) is 1. The topological polar surface area (TPSA) is 115 Å². The lowest BCUT2D eigenvalue weighted by Gasteiger charge is -2.26. The highest BCUT2D eigenvalue weighted by molar-refractivity contribution is 5.94. The molecule has 1 N–H and O–H groups in total. The second-order valence-corrected chi connectivity index (χ2v) is 7.07. The monoisotopic (exact) mass is 433 g/mol. The van der Waals surface area contributed by atoms with Gasteiger partial charge in [-0.05, 0) is 49.1 Å². The highest BCUT2D eigenvalue weighted by Gasteiger charge is 2.17. The molecule has 164 valence electrons. The lowest BCUT2D eigenvalue weighted by atomic mass is 10.1. The van der Waals surface area contributed by atoms with Gasteiger partial charge in [0.05, 0.1) is 18.9 Å². The van der Waals surface area contributed by atoms with E-state index in [4.69, 9.17) is 9.47 Å². The van der Waals surface area contributed by atoms with Crippen molar-refractivity contribution < 1.29 is 14.3 Å².